The van der Waals surface area contributed by atoms with Crippen molar-refractivity contribution in [1.29, 1.82) is 0 Å². The van der Waals surface area contributed by atoms with Crippen LogP contribution < -0.4 is 14.8 Å². The normalized spacial score (nSPS) is 13.7. The van der Waals surface area contributed by atoms with Crippen molar-refractivity contribution in [1.82, 2.24) is 5.32 Å². The van der Waals surface area contributed by atoms with Crippen molar-refractivity contribution in [2.24, 2.45) is 0 Å². The van der Waals surface area contributed by atoms with Crippen molar-refractivity contribution in [3.8, 4) is 5.75 Å². The minimum absolute atomic E-state index is 0.173. The predicted molar refractivity (Wildman–Crippen MR) is 97.4 cm³/mol. The number of nitro benzene ring substituents is 1. The Labute approximate surface area is 155 Å². The Hall–Kier alpha value is -3.14. The third kappa shape index (κ3) is 4.34. The molecule has 0 spiro atoms. The molecule has 1 amide bonds. The molecular formula is C17H17N3O6S. The van der Waals surface area contributed by atoms with E-state index in [0.717, 1.165) is 25.0 Å². The zero-order valence-corrected chi connectivity index (χ0v) is 15.2. The number of rotatable bonds is 7. The van der Waals surface area contributed by atoms with Gasteiger partial charge >= 0.3 is 0 Å². The van der Waals surface area contributed by atoms with Crippen LogP contribution in [0.2, 0.25) is 0 Å². The van der Waals surface area contributed by atoms with Crippen molar-refractivity contribution in [3.05, 3.63) is 58.1 Å². The fourth-order valence-electron chi connectivity index (χ4n) is 2.39. The first kappa shape index (κ1) is 18.6. The number of hydrogen-bond donors (Lipinski definition) is 2. The molecule has 1 aliphatic rings. The van der Waals surface area contributed by atoms with E-state index in [2.05, 4.69) is 10.0 Å². The number of nitro groups is 1. The molecule has 0 heterocycles. The lowest BCUT2D eigenvalue weighted by atomic mass is 10.2. The number of nitrogens with one attached hydrogen (secondary N) is 2. The smallest absolute Gasteiger partial charge is 0.293 e. The summed E-state index contributed by atoms with van der Waals surface area (Å²) in [6.07, 6.45) is 1.93. The molecule has 0 unspecified atom stereocenters. The Kier molecular flexibility index (Phi) is 5.00. The Morgan fingerprint density at radius 1 is 1.19 bits per heavy atom. The van der Waals surface area contributed by atoms with E-state index in [1.807, 2.05) is 0 Å². The zero-order valence-electron chi connectivity index (χ0n) is 14.3. The van der Waals surface area contributed by atoms with Gasteiger partial charge in [-0.05, 0) is 49.2 Å². The Balaban J connectivity index is 1.82. The summed E-state index contributed by atoms with van der Waals surface area (Å²) in [7, 11) is -2.88. The van der Waals surface area contributed by atoms with E-state index in [1.54, 1.807) is 0 Å². The SMILES string of the molecule is COc1ccc(S(=O)(=O)Nc2ccc(C(=O)NC3CC3)cc2)c([N+](=O)[O-])c1. The van der Waals surface area contributed by atoms with Gasteiger partial charge in [0.25, 0.3) is 21.6 Å². The first-order valence-electron chi connectivity index (χ1n) is 8.06. The molecule has 3 rings (SSSR count). The van der Waals surface area contributed by atoms with Gasteiger partial charge in [-0.15, -0.1) is 0 Å². The summed E-state index contributed by atoms with van der Waals surface area (Å²) in [5.41, 5.74) is -0.00866. The van der Waals surface area contributed by atoms with Gasteiger partial charge in [-0.3, -0.25) is 19.6 Å². The summed E-state index contributed by atoms with van der Waals surface area (Å²) in [5, 5.41) is 14.0. The second-order valence-corrected chi connectivity index (χ2v) is 7.67. The number of benzene rings is 2. The van der Waals surface area contributed by atoms with Gasteiger partial charge < -0.3 is 10.1 Å². The summed E-state index contributed by atoms with van der Waals surface area (Å²) in [6, 6.07) is 9.51. The predicted octanol–water partition coefficient (Wildman–Crippen LogP) is 2.30. The summed E-state index contributed by atoms with van der Waals surface area (Å²) in [4.78, 5) is 21.9. The van der Waals surface area contributed by atoms with E-state index < -0.39 is 25.5 Å². The fraction of sp³-hybridized carbons (Fsp3) is 0.235. The maximum atomic E-state index is 12.6. The molecule has 1 fully saturated rings. The molecule has 142 valence electrons. The van der Waals surface area contributed by atoms with E-state index in [1.165, 1.54) is 37.4 Å². The number of anilines is 1. The summed E-state index contributed by atoms with van der Waals surface area (Å²) >= 11 is 0. The molecule has 0 atom stereocenters. The van der Waals surface area contributed by atoms with Gasteiger partial charge in [0.15, 0.2) is 4.90 Å². The van der Waals surface area contributed by atoms with Crippen LogP contribution in [0.3, 0.4) is 0 Å². The number of carbonyl (C=O) groups is 1. The molecule has 0 bridgehead atoms. The molecule has 0 aromatic heterocycles. The van der Waals surface area contributed by atoms with E-state index in [4.69, 9.17) is 4.74 Å². The topological polar surface area (TPSA) is 128 Å². The van der Waals surface area contributed by atoms with Crippen molar-refractivity contribution in [3.63, 3.8) is 0 Å². The average molecular weight is 391 g/mol. The van der Waals surface area contributed by atoms with Crippen LogP contribution in [-0.2, 0) is 10.0 Å². The highest BCUT2D eigenvalue weighted by Gasteiger charge is 2.27. The highest BCUT2D eigenvalue weighted by atomic mass is 32.2. The van der Waals surface area contributed by atoms with Crippen LogP contribution in [0, 0.1) is 10.1 Å². The van der Waals surface area contributed by atoms with Gasteiger partial charge in [0.05, 0.1) is 18.1 Å². The lowest BCUT2D eigenvalue weighted by Gasteiger charge is -2.10. The van der Waals surface area contributed by atoms with E-state index in [-0.39, 0.29) is 23.4 Å². The molecule has 1 saturated carbocycles. The first-order valence-corrected chi connectivity index (χ1v) is 9.54. The van der Waals surface area contributed by atoms with Crippen molar-refractivity contribution < 1.29 is 22.9 Å². The average Bonchev–Trinajstić information content (AvgIpc) is 3.45. The van der Waals surface area contributed by atoms with Crippen LogP contribution in [0.25, 0.3) is 0 Å². The third-order valence-corrected chi connectivity index (χ3v) is 5.39. The highest BCUT2D eigenvalue weighted by Crippen LogP contribution is 2.29. The van der Waals surface area contributed by atoms with Gasteiger partial charge in [0, 0.05) is 17.3 Å². The Morgan fingerprint density at radius 3 is 2.41 bits per heavy atom. The van der Waals surface area contributed by atoms with Gasteiger partial charge in [0.1, 0.15) is 5.75 Å². The number of hydrogen-bond acceptors (Lipinski definition) is 6. The van der Waals surface area contributed by atoms with Gasteiger partial charge in [0.2, 0.25) is 0 Å². The van der Waals surface area contributed by atoms with Gasteiger partial charge in [-0.1, -0.05) is 0 Å². The second-order valence-electron chi connectivity index (χ2n) is 6.02. The minimum atomic E-state index is -4.20. The van der Waals surface area contributed by atoms with E-state index in [0.29, 0.717) is 5.56 Å². The quantitative estimate of drug-likeness (QED) is 0.551. The third-order valence-electron chi connectivity index (χ3n) is 3.96. The molecule has 0 radical (unpaired) electrons. The van der Waals surface area contributed by atoms with Crippen molar-refractivity contribution in [2.75, 3.05) is 11.8 Å². The van der Waals surface area contributed by atoms with Gasteiger partial charge in [-0.2, -0.15) is 0 Å². The van der Waals surface area contributed by atoms with Crippen LogP contribution in [0.5, 0.6) is 5.75 Å². The molecule has 2 aromatic rings. The number of amides is 1. The van der Waals surface area contributed by atoms with Crippen LogP contribution in [0.15, 0.2) is 47.4 Å². The molecule has 9 nitrogen and oxygen atoms in total. The maximum absolute atomic E-state index is 12.6. The molecule has 0 saturated heterocycles. The number of sulfonamides is 1. The van der Waals surface area contributed by atoms with E-state index in [9.17, 15) is 23.3 Å². The minimum Gasteiger partial charge on any atom is -0.497 e. The standard InChI is InChI=1S/C17H17N3O6S/c1-26-14-8-9-16(15(10-14)20(22)23)27(24,25)19-13-4-2-11(3-5-13)17(21)18-12-6-7-12/h2-5,8-10,12,19H,6-7H2,1H3,(H,18,21). The first-order chi connectivity index (χ1) is 12.8. The summed E-state index contributed by atoms with van der Waals surface area (Å²) in [5.74, 6) is -0.0515. The van der Waals surface area contributed by atoms with Crippen LogP contribution in [-0.4, -0.2) is 32.4 Å². The number of ether oxygens (including phenoxy) is 1. The molecule has 27 heavy (non-hydrogen) atoms. The molecule has 10 heteroatoms. The molecule has 2 aromatic carbocycles. The molecule has 0 aliphatic heterocycles. The Bertz CT molecular complexity index is 984. The van der Waals surface area contributed by atoms with E-state index >= 15 is 0 Å². The van der Waals surface area contributed by atoms with Crippen LogP contribution >= 0.6 is 0 Å². The van der Waals surface area contributed by atoms with Crippen LogP contribution in [0.1, 0.15) is 23.2 Å². The highest BCUT2D eigenvalue weighted by molar-refractivity contribution is 7.92. The maximum Gasteiger partial charge on any atom is 0.293 e. The number of nitrogens with zero attached hydrogens (tertiary/aromatic N) is 1. The van der Waals surface area contributed by atoms with Gasteiger partial charge in [-0.25, -0.2) is 8.42 Å². The summed E-state index contributed by atoms with van der Waals surface area (Å²) in [6.45, 7) is 0. The second kappa shape index (κ2) is 7.23. The fourth-order valence-corrected chi connectivity index (χ4v) is 3.60. The number of methoxy groups -OCH3 is 1. The molecule has 2 N–H and O–H groups in total. The zero-order chi connectivity index (χ0) is 19.6. The van der Waals surface area contributed by atoms with Crippen molar-refractivity contribution >= 4 is 27.3 Å². The Morgan fingerprint density at radius 2 is 1.85 bits per heavy atom. The molecule has 1 aliphatic carbocycles. The monoisotopic (exact) mass is 391 g/mol. The lowest BCUT2D eigenvalue weighted by molar-refractivity contribution is -0.387. The van der Waals surface area contributed by atoms with Crippen molar-refractivity contribution in [2.45, 2.75) is 23.8 Å². The lowest BCUT2D eigenvalue weighted by Crippen LogP contribution is -2.25. The largest absolute Gasteiger partial charge is 0.497 e. The number of carbonyl (C=O) groups excluding carboxylic acids is 1. The van der Waals surface area contributed by atoms with Crippen LogP contribution in [0.4, 0.5) is 11.4 Å². The summed E-state index contributed by atoms with van der Waals surface area (Å²) < 4.78 is 32.3. The molecular weight excluding hydrogens is 374 g/mol.